The van der Waals surface area contributed by atoms with Crippen molar-refractivity contribution >= 4 is 6.09 Å². The molecule has 2 heterocycles. The van der Waals surface area contributed by atoms with E-state index in [4.69, 9.17) is 4.74 Å². The maximum absolute atomic E-state index is 12.2. The lowest BCUT2D eigenvalue weighted by Crippen LogP contribution is -2.45. The van der Waals surface area contributed by atoms with E-state index in [0.29, 0.717) is 5.92 Å². The Morgan fingerprint density at radius 2 is 2.26 bits per heavy atom. The van der Waals surface area contributed by atoms with Gasteiger partial charge in [0.05, 0.1) is 6.04 Å². The number of piperidine rings is 1. The highest BCUT2D eigenvalue weighted by atomic mass is 16.6. The SMILES string of the molecule is CC(NCC1CCCN(C(=O)OC(C)(C)C)C1)c1nccn1C. The summed E-state index contributed by atoms with van der Waals surface area (Å²) < 4.78 is 7.51. The highest BCUT2D eigenvalue weighted by Gasteiger charge is 2.27. The maximum atomic E-state index is 12.2. The van der Waals surface area contributed by atoms with Gasteiger partial charge in [-0.15, -0.1) is 0 Å². The van der Waals surface area contributed by atoms with Gasteiger partial charge in [0, 0.05) is 39.1 Å². The Morgan fingerprint density at radius 3 is 2.87 bits per heavy atom. The summed E-state index contributed by atoms with van der Waals surface area (Å²) in [4.78, 5) is 18.4. The van der Waals surface area contributed by atoms with Gasteiger partial charge in [-0.2, -0.15) is 0 Å². The Balaban J connectivity index is 1.82. The number of aromatic nitrogens is 2. The number of amides is 1. The second-order valence-corrected chi connectivity index (χ2v) is 7.46. The van der Waals surface area contributed by atoms with Crippen molar-refractivity contribution in [1.29, 1.82) is 0 Å². The molecule has 2 rings (SSSR count). The number of likely N-dealkylation sites (tertiary alicyclic amines) is 1. The standard InChI is InChI=1S/C17H30N4O2/c1-13(15-18-8-10-20(15)5)19-11-14-7-6-9-21(12-14)16(22)23-17(2,3)4/h8,10,13-14,19H,6-7,9,11-12H2,1-5H3. The molecule has 1 fully saturated rings. The summed E-state index contributed by atoms with van der Waals surface area (Å²) in [5.74, 6) is 1.49. The van der Waals surface area contributed by atoms with Crippen molar-refractivity contribution in [3.05, 3.63) is 18.2 Å². The van der Waals surface area contributed by atoms with Crippen LogP contribution in [-0.2, 0) is 11.8 Å². The Kier molecular flexibility index (Phi) is 5.68. The Hall–Kier alpha value is -1.56. The van der Waals surface area contributed by atoms with E-state index < -0.39 is 5.60 Å². The zero-order valence-corrected chi connectivity index (χ0v) is 15.0. The monoisotopic (exact) mass is 322 g/mol. The summed E-state index contributed by atoms with van der Waals surface area (Å²) >= 11 is 0. The molecule has 0 aliphatic carbocycles. The number of imidazole rings is 1. The second kappa shape index (κ2) is 7.34. The van der Waals surface area contributed by atoms with Crippen LogP contribution in [0.3, 0.4) is 0 Å². The first-order valence-corrected chi connectivity index (χ1v) is 8.45. The van der Waals surface area contributed by atoms with Gasteiger partial charge in [-0.05, 0) is 46.5 Å². The minimum Gasteiger partial charge on any atom is -0.444 e. The fraction of sp³-hybridized carbons (Fsp3) is 0.765. The lowest BCUT2D eigenvalue weighted by molar-refractivity contribution is 0.0165. The Bertz CT molecular complexity index is 521. The van der Waals surface area contributed by atoms with Gasteiger partial charge in [-0.3, -0.25) is 0 Å². The number of nitrogens with one attached hydrogen (secondary N) is 1. The van der Waals surface area contributed by atoms with Gasteiger partial charge in [0.15, 0.2) is 0 Å². The minimum absolute atomic E-state index is 0.195. The van der Waals surface area contributed by atoms with Crippen LogP contribution in [0.1, 0.15) is 52.4 Å². The van der Waals surface area contributed by atoms with E-state index in [0.717, 1.165) is 38.3 Å². The largest absolute Gasteiger partial charge is 0.444 e. The summed E-state index contributed by atoms with van der Waals surface area (Å²) in [5.41, 5.74) is -0.436. The molecule has 1 amide bonds. The van der Waals surface area contributed by atoms with Crippen LogP contribution >= 0.6 is 0 Å². The molecule has 6 nitrogen and oxygen atoms in total. The van der Waals surface area contributed by atoms with E-state index in [2.05, 4.69) is 17.2 Å². The molecule has 1 aromatic heterocycles. The number of nitrogens with zero attached hydrogens (tertiary/aromatic N) is 3. The lowest BCUT2D eigenvalue weighted by Gasteiger charge is -2.34. The molecule has 1 saturated heterocycles. The molecule has 2 unspecified atom stereocenters. The van der Waals surface area contributed by atoms with Crippen molar-refractivity contribution in [2.24, 2.45) is 13.0 Å². The molecule has 23 heavy (non-hydrogen) atoms. The average molecular weight is 322 g/mol. The fourth-order valence-corrected chi connectivity index (χ4v) is 2.95. The third-order valence-corrected chi connectivity index (χ3v) is 4.13. The number of aryl methyl sites for hydroxylation is 1. The van der Waals surface area contributed by atoms with E-state index in [1.165, 1.54) is 0 Å². The molecule has 0 radical (unpaired) electrons. The number of ether oxygens (including phenoxy) is 1. The van der Waals surface area contributed by atoms with E-state index in [-0.39, 0.29) is 12.1 Å². The average Bonchev–Trinajstić information content (AvgIpc) is 2.89. The molecular weight excluding hydrogens is 292 g/mol. The van der Waals surface area contributed by atoms with Crippen molar-refractivity contribution in [2.75, 3.05) is 19.6 Å². The molecule has 0 aromatic carbocycles. The van der Waals surface area contributed by atoms with Gasteiger partial charge in [0.1, 0.15) is 11.4 Å². The molecule has 0 saturated carbocycles. The highest BCUT2D eigenvalue weighted by Crippen LogP contribution is 2.20. The predicted molar refractivity (Wildman–Crippen MR) is 90.2 cm³/mol. The fourth-order valence-electron chi connectivity index (χ4n) is 2.95. The van der Waals surface area contributed by atoms with Crippen molar-refractivity contribution < 1.29 is 9.53 Å². The highest BCUT2D eigenvalue weighted by molar-refractivity contribution is 5.68. The first-order chi connectivity index (χ1) is 10.8. The van der Waals surface area contributed by atoms with E-state index in [1.807, 2.05) is 49.7 Å². The van der Waals surface area contributed by atoms with Crippen LogP contribution in [0.25, 0.3) is 0 Å². The number of rotatable bonds is 4. The van der Waals surface area contributed by atoms with Crippen LogP contribution in [0.4, 0.5) is 4.79 Å². The maximum Gasteiger partial charge on any atom is 0.410 e. The first-order valence-electron chi connectivity index (χ1n) is 8.45. The van der Waals surface area contributed by atoms with Gasteiger partial charge >= 0.3 is 6.09 Å². The molecule has 1 aromatic rings. The number of carbonyl (C=O) groups excluding carboxylic acids is 1. The summed E-state index contributed by atoms with van der Waals surface area (Å²) in [6, 6.07) is 0.201. The van der Waals surface area contributed by atoms with Crippen molar-refractivity contribution in [3.63, 3.8) is 0 Å². The topological polar surface area (TPSA) is 59.4 Å². The van der Waals surface area contributed by atoms with Crippen LogP contribution in [0.5, 0.6) is 0 Å². The first kappa shape index (κ1) is 17.8. The van der Waals surface area contributed by atoms with Crippen molar-refractivity contribution in [3.8, 4) is 0 Å². The minimum atomic E-state index is -0.436. The van der Waals surface area contributed by atoms with Crippen LogP contribution in [0.15, 0.2) is 12.4 Å². The summed E-state index contributed by atoms with van der Waals surface area (Å²) in [5, 5.41) is 3.54. The van der Waals surface area contributed by atoms with Crippen LogP contribution in [0, 0.1) is 5.92 Å². The van der Waals surface area contributed by atoms with Gasteiger partial charge in [0.2, 0.25) is 0 Å². The third kappa shape index (κ3) is 5.23. The second-order valence-electron chi connectivity index (χ2n) is 7.46. The van der Waals surface area contributed by atoms with Gasteiger partial charge in [-0.25, -0.2) is 9.78 Å². The van der Waals surface area contributed by atoms with Crippen molar-refractivity contribution in [2.45, 2.75) is 52.2 Å². The van der Waals surface area contributed by atoms with Crippen molar-refractivity contribution in [1.82, 2.24) is 19.8 Å². The molecule has 6 heteroatoms. The van der Waals surface area contributed by atoms with E-state index in [1.54, 1.807) is 0 Å². The number of hydrogen-bond acceptors (Lipinski definition) is 4. The van der Waals surface area contributed by atoms with Gasteiger partial charge in [-0.1, -0.05) is 0 Å². The zero-order chi connectivity index (χ0) is 17.0. The summed E-state index contributed by atoms with van der Waals surface area (Å²) in [6.07, 6.45) is 5.75. The molecule has 1 aliphatic heterocycles. The van der Waals surface area contributed by atoms with E-state index >= 15 is 0 Å². The quantitative estimate of drug-likeness (QED) is 0.926. The van der Waals surface area contributed by atoms with Crippen LogP contribution < -0.4 is 5.32 Å². The molecular formula is C17H30N4O2. The normalized spacial score (nSPS) is 20.4. The van der Waals surface area contributed by atoms with E-state index in [9.17, 15) is 4.79 Å². The smallest absolute Gasteiger partial charge is 0.410 e. The third-order valence-electron chi connectivity index (χ3n) is 4.13. The van der Waals surface area contributed by atoms with Gasteiger partial charge in [0.25, 0.3) is 0 Å². The lowest BCUT2D eigenvalue weighted by atomic mass is 9.98. The summed E-state index contributed by atoms with van der Waals surface area (Å²) in [6.45, 7) is 10.3. The molecule has 1 N–H and O–H groups in total. The molecule has 0 bridgehead atoms. The molecule has 0 spiro atoms. The molecule has 130 valence electrons. The summed E-state index contributed by atoms with van der Waals surface area (Å²) in [7, 11) is 2.01. The Labute approximate surface area is 139 Å². The predicted octanol–water partition coefficient (Wildman–Crippen LogP) is 2.72. The number of hydrogen-bond donors (Lipinski definition) is 1. The van der Waals surface area contributed by atoms with Crippen LogP contribution in [-0.4, -0.2) is 45.8 Å². The van der Waals surface area contributed by atoms with Gasteiger partial charge < -0.3 is 19.5 Å². The molecule has 1 aliphatic rings. The zero-order valence-electron chi connectivity index (χ0n) is 15.0. The van der Waals surface area contributed by atoms with Crippen LogP contribution in [0.2, 0.25) is 0 Å². The number of carbonyl (C=O) groups is 1. The Morgan fingerprint density at radius 1 is 1.52 bits per heavy atom. The molecule has 2 atom stereocenters.